The zero-order chi connectivity index (χ0) is 26.8. The minimum atomic E-state index is -0.197. The topological polar surface area (TPSA) is 129 Å². The fourth-order valence-electron chi connectivity index (χ4n) is 4.89. The van der Waals surface area contributed by atoms with Crippen LogP contribution in [0.3, 0.4) is 0 Å². The summed E-state index contributed by atoms with van der Waals surface area (Å²) in [4.78, 5) is 34.9. The van der Waals surface area contributed by atoms with Gasteiger partial charge in [0.15, 0.2) is 5.82 Å². The average molecular weight is 519 g/mol. The lowest BCUT2D eigenvalue weighted by atomic mass is 10.1. The first-order valence-electron chi connectivity index (χ1n) is 12.8. The van der Waals surface area contributed by atoms with Crippen LogP contribution >= 0.6 is 0 Å². The van der Waals surface area contributed by atoms with Crippen LogP contribution in [0.5, 0.6) is 5.88 Å². The number of aromatic amines is 1. The van der Waals surface area contributed by atoms with E-state index in [4.69, 9.17) is 9.72 Å². The first-order chi connectivity index (χ1) is 18.4. The fourth-order valence-corrected chi connectivity index (χ4v) is 4.89. The number of amides is 1. The number of ether oxygens (including phenoxy) is 1. The number of fused-ring (bicyclic) bond motifs is 1. The number of anilines is 3. The molecule has 1 amide bonds. The van der Waals surface area contributed by atoms with Gasteiger partial charge in [0.05, 0.1) is 30.6 Å². The average Bonchev–Trinajstić information content (AvgIpc) is 3.50. The Morgan fingerprint density at radius 1 is 1.21 bits per heavy atom. The van der Waals surface area contributed by atoms with Crippen molar-refractivity contribution in [3.63, 3.8) is 0 Å². The third kappa shape index (κ3) is 5.04. The lowest BCUT2D eigenvalue weighted by Gasteiger charge is -2.36. The Kier molecular flexibility index (Phi) is 7.25. The minimum Gasteiger partial charge on any atom is -0.478 e. The van der Waals surface area contributed by atoms with E-state index in [2.05, 4.69) is 47.5 Å². The number of carbonyl (C=O) groups excluding carboxylic acids is 1. The molecule has 0 bridgehead atoms. The van der Waals surface area contributed by atoms with Crippen LogP contribution in [-0.4, -0.2) is 91.8 Å². The van der Waals surface area contributed by atoms with Gasteiger partial charge in [-0.15, -0.1) is 5.10 Å². The van der Waals surface area contributed by atoms with Crippen LogP contribution in [0.4, 0.5) is 17.5 Å². The summed E-state index contributed by atoms with van der Waals surface area (Å²) in [6.07, 6.45) is 7.92. The number of aryl methyl sites for hydroxylation is 2. The van der Waals surface area contributed by atoms with Crippen molar-refractivity contribution in [3.8, 4) is 17.1 Å². The van der Waals surface area contributed by atoms with E-state index in [0.717, 1.165) is 60.3 Å². The van der Waals surface area contributed by atoms with Gasteiger partial charge in [-0.3, -0.25) is 14.4 Å². The van der Waals surface area contributed by atoms with Gasteiger partial charge in [-0.2, -0.15) is 0 Å². The number of methoxy groups -OCH3 is 1. The van der Waals surface area contributed by atoms with Crippen molar-refractivity contribution in [1.82, 2.24) is 39.5 Å². The summed E-state index contributed by atoms with van der Waals surface area (Å²) in [5, 5.41) is 11.4. The van der Waals surface area contributed by atoms with Crippen LogP contribution in [0, 0.1) is 6.92 Å². The quantitative estimate of drug-likeness (QED) is 0.322. The molecule has 4 aromatic heterocycles. The summed E-state index contributed by atoms with van der Waals surface area (Å²) >= 11 is 0. The number of nitrogens with zero attached hydrogens (tertiary/aromatic N) is 7. The van der Waals surface area contributed by atoms with Crippen molar-refractivity contribution in [2.75, 3.05) is 51.0 Å². The Morgan fingerprint density at radius 3 is 2.74 bits per heavy atom. The van der Waals surface area contributed by atoms with E-state index in [-0.39, 0.29) is 11.9 Å². The second kappa shape index (κ2) is 10.8. The van der Waals surface area contributed by atoms with Crippen molar-refractivity contribution < 1.29 is 9.53 Å². The van der Waals surface area contributed by atoms with Crippen molar-refractivity contribution in [1.29, 1.82) is 0 Å². The Labute approximate surface area is 221 Å². The SMILES string of the molecule is CCC(C(=O)Nc1nccc2c(-c3nc(Nc4cn(C)nc4OC)ncc3C)c[nH]c12)N1CCN(C)CC1. The van der Waals surface area contributed by atoms with Gasteiger partial charge in [0.2, 0.25) is 11.9 Å². The molecule has 4 aromatic rings. The molecule has 0 radical (unpaired) electrons. The third-order valence-electron chi connectivity index (χ3n) is 6.97. The van der Waals surface area contributed by atoms with Gasteiger partial charge in [-0.25, -0.2) is 15.0 Å². The lowest BCUT2D eigenvalue weighted by molar-refractivity contribution is -0.122. The van der Waals surface area contributed by atoms with Crippen molar-refractivity contribution >= 4 is 34.3 Å². The van der Waals surface area contributed by atoms with Crippen molar-refractivity contribution in [3.05, 3.63) is 36.4 Å². The van der Waals surface area contributed by atoms with E-state index in [9.17, 15) is 4.79 Å². The second-order valence-corrected chi connectivity index (χ2v) is 9.61. The molecule has 0 spiro atoms. The summed E-state index contributed by atoms with van der Waals surface area (Å²) in [7, 11) is 5.50. The number of carbonyl (C=O) groups is 1. The largest absolute Gasteiger partial charge is 0.478 e. The first-order valence-corrected chi connectivity index (χ1v) is 12.8. The van der Waals surface area contributed by atoms with Crippen LogP contribution in [0.15, 0.2) is 30.9 Å². The predicted molar refractivity (Wildman–Crippen MR) is 147 cm³/mol. The maximum Gasteiger partial charge on any atom is 0.256 e. The summed E-state index contributed by atoms with van der Waals surface area (Å²) in [5.41, 5.74) is 4.00. The number of aromatic nitrogens is 6. The molecule has 1 aliphatic heterocycles. The maximum atomic E-state index is 13.3. The van der Waals surface area contributed by atoms with Crippen molar-refractivity contribution in [2.24, 2.45) is 7.05 Å². The zero-order valence-electron chi connectivity index (χ0n) is 22.4. The molecule has 12 heteroatoms. The number of nitrogens with one attached hydrogen (secondary N) is 3. The van der Waals surface area contributed by atoms with Gasteiger partial charge in [-0.05, 0) is 32.0 Å². The molecule has 0 saturated carbocycles. The third-order valence-corrected chi connectivity index (χ3v) is 6.97. The Morgan fingerprint density at radius 2 is 2.00 bits per heavy atom. The zero-order valence-corrected chi connectivity index (χ0v) is 22.4. The van der Waals surface area contributed by atoms with Gasteiger partial charge in [0.1, 0.15) is 5.69 Å². The van der Waals surface area contributed by atoms with E-state index < -0.39 is 0 Å². The monoisotopic (exact) mass is 518 g/mol. The molecule has 5 heterocycles. The fraction of sp³-hybridized carbons (Fsp3) is 0.423. The number of hydrogen-bond donors (Lipinski definition) is 3. The molecule has 1 atom stereocenters. The molecule has 200 valence electrons. The van der Waals surface area contributed by atoms with E-state index in [1.807, 2.05) is 33.2 Å². The van der Waals surface area contributed by atoms with Gasteiger partial charge in [0, 0.05) is 62.8 Å². The number of H-pyrrole nitrogens is 1. The van der Waals surface area contributed by atoms with Gasteiger partial charge in [-0.1, -0.05) is 6.92 Å². The molecule has 12 nitrogen and oxygen atoms in total. The predicted octanol–water partition coefficient (Wildman–Crippen LogP) is 2.78. The van der Waals surface area contributed by atoms with Gasteiger partial charge in [0.25, 0.3) is 5.88 Å². The number of rotatable bonds is 8. The van der Waals surface area contributed by atoms with Gasteiger partial charge >= 0.3 is 0 Å². The number of likely N-dealkylation sites (N-methyl/N-ethyl adjacent to an activating group) is 1. The van der Waals surface area contributed by atoms with Crippen LogP contribution < -0.4 is 15.4 Å². The van der Waals surface area contributed by atoms with Gasteiger partial charge < -0.3 is 25.3 Å². The maximum absolute atomic E-state index is 13.3. The highest BCUT2D eigenvalue weighted by atomic mass is 16.5. The molecule has 0 aromatic carbocycles. The van der Waals surface area contributed by atoms with Crippen LogP contribution in [0.25, 0.3) is 22.2 Å². The molecule has 1 aliphatic rings. The highest BCUT2D eigenvalue weighted by Gasteiger charge is 2.27. The molecule has 0 aliphatic carbocycles. The highest BCUT2D eigenvalue weighted by Crippen LogP contribution is 2.33. The highest BCUT2D eigenvalue weighted by molar-refractivity contribution is 6.05. The standard InChI is InChI=1S/C26H34N10O2/c1-6-20(36-11-9-34(3)10-12-36)24(37)32-23-22-17(7-8-27-23)18(14-28-22)21-16(2)13-29-26(31-21)30-19-15-35(4)33-25(19)38-5/h7-8,13-15,20,28H,6,9-12H2,1-5H3,(H,27,32,37)(H,29,30,31). The van der Waals surface area contributed by atoms with E-state index >= 15 is 0 Å². The smallest absolute Gasteiger partial charge is 0.256 e. The molecule has 5 rings (SSSR count). The number of hydrogen-bond acceptors (Lipinski definition) is 9. The molecule has 38 heavy (non-hydrogen) atoms. The molecule has 1 fully saturated rings. The van der Waals surface area contributed by atoms with E-state index in [1.54, 1.807) is 30.4 Å². The van der Waals surface area contributed by atoms with E-state index in [0.29, 0.717) is 23.3 Å². The Bertz CT molecular complexity index is 1440. The Hall–Kier alpha value is -4.03. The lowest BCUT2D eigenvalue weighted by Crippen LogP contribution is -2.52. The minimum absolute atomic E-state index is 0.0386. The van der Waals surface area contributed by atoms with Crippen molar-refractivity contribution in [2.45, 2.75) is 26.3 Å². The second-order valence-electron chi connectivity index (χ2n) is 9.61. The number of piperazine rings is 1. The molecule has 3 N–H and O–H groups in total. The first kappa shape index (κ1) is 25.6. The normalized spacial score (nSPS) is 15.5. The molecular formula is C26H34N10O2. The number of pyridine rings is 1. The summed E-state index contributed by atoms with van der Waals surface area (Å²) in [5.74, 6) is 1.35. The van der Waals surface area contributed by atoms with E-state index in [1.165, 1.54) is 0 Å². The summed E-state index contributed by atoms with van der Waals surface area (Å²) in [6, 6.07) is 1.73. The van der Waals surface area contributed by atoms with Crippen LogP contribution in [-0.2, 0) is 11.8 Å². The Balaban J connectivity index is 1.41. The summed E-state index contributed by atoms with van der Waals surface area (Å²) < 4.78 is 6.99. The summed E-state index contributed by atoms with van der Waals surface area (Å²) in [6.45, 7) is 7.69. The molecular weight excluding hydrogens is 484 g/mol. The molecule has 1 unspecified atom stereocenters. The van der Waals surface area contributed by atoms with Crippen LogP contribution in [0.2, 0.25) is 0 Å². The molecule has 1 saturated heterocycles. The van der Waals surface area contributed by atoms with Crippen LogP contribution in [0.1, 0.15) is 18.9 Å².